The molecule has 0 amide bonds. The predicted octanol–water partition coefficient (Wildman–Crippen LogP) is 2.07. The van der Waals surface area contributed by atoms with Crippen molar-refractivity contribution < 1.29 is 0 Å². The quantitative estimate of drug-likeness (QED) is 0.839. The summed E-state index contributed by atoms with van der Waals surface area (Å²) in [6, 6.07) is 8.64. The summed E-state index contributed by atoms with van der Waals surface area (Å²) in [6.07, 6.45) is 0. The van der Waals surface area contributed by atoms with Crippen molar-refractivity contribution in [3.63, 3.8) is 0 Å². The highest BCUT2D eigenvalue weighted by atomic mass is 79.9. The Kier molecular flexibility index (Phi) is 3.78. The van der Waals surface area contributed by atoms with Crippen LogP contribution in [0, 0.1) is 0 Å². The Morgan fingerprint density at radius 1 is 1.47 bits per heavy atom. The molecule has 1 aromatic rings. The average Bonchev–Trinajstić information content (AvgIpc) is 2.43. The molecule has 0 bridgehead atoms. The van der Waals surface area contributed by atoms with Crippen LogP contribution >= 0.6 is 15.9 Å². The zero-order chi connectivity index (χ0) is 10.7. The van der Waals surface area contributed by atoms with Gasteiger partial charge in [0.15, 0.2) is 0 Å². The highest BCUT2D eigenvalue weighted by Crippen LogP contribution is 2.21. The minimum atomic E-state index is 0.606. The molecule has 82 valence electrons. The van der Waals surface area contributed by atoms with Crippen molar-refractivity contribution in [2.45, 2.75) is 5.92 Å². The van der Waals surface area contributed by atoms with Gasteiger partial charge in [-0.1, -0.05) is 28.1 Å². The average molecular weight is 269 g/mol. The second kappa shape index (κ2) is 5.10. The molecule has 1 aliphatic heterocycles. The van der Waals surface area contributed by atoms with E-state index in [1.54, 1.807) is 0 Å². The van der Waals surface area contributed by atoms with Crippen LogP contribution in [0.2, 0.25) is 0 Å². The second-order valence-electron chi connectivity index (χ2n) is 4.22. The molecule has 1 aromatic carbocycles. The summed E-state index contributed by atoms with van der Waals surface area (Å²) < 4.78 is 1.17. The van der Waals surface area contributed by atoms with Gasteiger partial charge >= 0.3 is 0 Å². The van der Waals surface area contributed by atoms with E-state index in [9.17, 15) is 0 Å². The largest absolute Gasteiger partial charge is 0.315 e. The monoisotopic (exact) mass is 268 g/mol. The first-order valence-corrected chi connectivity index (χ1v) is 6.20. The van der Waals surface area contributed by atoms with Gasteiger partial charge in [-0.05, 0) is 24.7 Å². The molecule has 0 saturated carbocycles. The van der Waals surface area contributed by atoms with Crippen LogP contribution in [0.3, 0.4) is 0 Å². The highest BCUT2D eigenvalue weighted by molar-refractivity contribution is 9.10. The molecule has 0 spiro atoms. The first-order valence-electron chi connectivity index (χ1n) is 5.40. The SMILES string of the molecule is CN1CCNCC(c2cccc(Br)c2)C1. The molecular weight excluding hydrogens is 252 g/mol. The summed E-state index contributed by atoms with van der Waals surface area (Å²) in [6.45, 7) is 4.47. The first kappa shape index (κ1) is 11.1. The van der Waals surface area contributed by atoms with E-state index < -0.39 is 0 Å². The van der Waals surface area contributed by atoms with Crippen molar-refractivity contribution in [3.05, 3.63) is 34.3 Å². The topological polar surface area (TPSA) is 15.3 Å². The van der Waals surface area contributed by atoms with Gasteiger partial charge in [0.1, 0.15) is 0 Å². The Labute approximate surface area is 99.8 Å². The molecule has 1 unspecified atom stereocenters. The van der Waals surface area contributed by atoms with Gasteiger partial charge in [-0.2, -0.15) is 0 Å². The van der Waals surface area contributed by atoms with E-state index in [0.29, 0.717) is 5.92 Å². The molecule has 0 aliphatic carbocycles. The predicted molar refractivity (Wildman–Crippen MR) is 67.2 cm³/mol. The van der Waals surface area contributed by atoms with E-state index in [2.05, 4.69) is 57.5 Å². The van der Waals surface area contributed by atoms with Gasteiger partial charge in [0.05, 0.1) is 0 Å². The summed E-state index contributed by atoms with van der Waals surface area (Å²) in [5, 5.41) is 3.49. The molecule has 0 radical (unpaired) electrons. The molecule has 1 N–H and O–H groups in total. The summed E-state index contributed by atoms with van der Waals surface area (Å²) in [5.74, 6) is 0.606. The van der Waals surface area contributed by atoms with Gasteiger partial charge < -0.3 is 10.2 Å². The summed E-state index contributed by atoms with van der Waals surface area (Å²) in [5.41, 5.74) is 1.42. The number of hydrogen-bond donors (Lipinski definition) is 1. The third kappa shape index (κ3) is 3.03. The van der Waals surface area contributed by atoms with Crippen molar-refractivity contribution in [3.8, 4) is 0 Å². The number of nitrogens with zero attached hydrogens (tertiary/aromatic N) is 1. The minimum Gasteiger partial charge on any atom is -0.315 e. The number of halogens is 1. The van der Waals surface area contributed by atoms with Crippen LogP contribution in [0.1, 0.15) is 11.5 Å². The molecule has 1 atom stereocenters. The minimum absolute atomic E-state index is 0.606. The lowest BCUT2D eigenvalue weighted by molar-refractivity contribution is 0.342. The summed E-state index contributed by atoms with van der Waals surface area (Å²) in [4.78, 5) is 2.39. The number of likely N-dealkylation sites (N-methyl/N-ethyl adjacent to an activating group) is 1. The Bertz CT molecular complexity index is 327. The fourth-order valence-corrected chi connectivity index (χ4v) is 2.48. The molecule has 15 heavy (non-hydrogen) atoms. The van der Waals surface area contributed by atoms with Crippen molar-refractivity contribution >= 4 is 15.9 Å². The standard InChI is InChI=1S/C12H17BrN2/c1-15-6-5-14-8-11(9-15)10-3-2-4-12(13)7-10/h2-4,7,11,14H,5-6,8-9H2,1H3. The molecule has 1 saturated heterocycles. The number of nitrogens with one attached hydrogen (secondary N) is 1. The van der Waals surface area contributed by atoms with Gasteiger partial charge in [-0.25, -0.2) is 0 Å². The molecule has 1 fully saturated rings. The van der Waals surface area contributed by atoms with Crippen LogP contribution in [0.4, 0.5) is 0 Å². The van der Waals surface area contributed by atoms with Crippen molar-refractivity contribution in [2.75, 3.05) is 33.2 Å². The number of hydrogen-bond acceptors (Lipinski definition) is 2. The smallest absolute Gasteiger partial charge is 0.0178 e. The van der Waals surface area contributed by atoms with Gasteiger partial charge in [0, 0.05) is 36.6 Å². The first-order chi connectivity index (χ1) is 7.25. The molecule has 1 aliphatic rings. The van der Waals surface area contributed by atoms with Crippen LogP contribution in [0.5, 0.6) is 0 Å². The maximum Gasteiger partial charge on any atom is 0.0178 e. The second-order valence-corrected chi connectivity index (χ2v) is 5.13. The van der Waals surface area contributed by atoms with Gasteiger partial charge in [0.25, 0.3) is 0 Å². The van der Waals surface area contributed by atoms with Gasteiger partial charge in [0.2, 0.25) is 0 Å². The highest BCUT2D eigenvalue weighted by Gasteiger charge is 2.16. The molecule has 1 heterocycles. The third-order valence-electron chi connectivity index (χ3n) is 2.91. The van der Waals surface area contributed by atoms with E-state index >= 15 is 0 Å². The lowest BCUT2D eigenvalue weighted by Gasteiger charge is -2.19. The zero-order valence-electron chi connectivity index (χ0n) is 9.04. The number of benzene rings is 1. The van der Waals surface area contributed by atoms with Crippen LogP contribution in [0.15, 0.2) is 28.7 Å². The fraction of sp³-hybridized carbons (Fsp3) is 0.500. The molecule has 2 rings (SSSR count). The number of rotatable bonds is 1. The van der Waals surface area contributed by atoms with Crippen molar-refractivity contribution in [1.29, 1.82) is 0 Å². The van der Waals surface area contributed by atoms with Crippen molar-refractivity contribution in [1.82, 2.24) is 10.2 Å². The Morgan fingerprint density at radius 2 is 2.33 bits per heavy atom. The molecule has 3 heteroatoms. The maximum absolute atomic E-state index is 3.53. The summed E-state index contributed by atoms with van der Waals surface area (Å²) >= 11 is 3.53. The van der Waals surface area contributed by atoms with Crippen LogP contribution < -0.4 is 5.32 Å². The summed E-state index contributed by atoms with van der Waals surface area (Å²) in [7, 11) is 2.19. The van der Waals surface area contributed by atoms with E-state index in [4.69, 9.17) is 0 Å². The fourth-order valence-electron chi connectivity index (χ4n) is 2.06. The normalized spacial score (nSPS) is 23.7. The lowest BCUT2D eigenvalue weighted by atomic mass is 9.99. The van der Waals surface area contributed by atoms with E-state index in [1.807, 2.05) is 0 Å². The van der Waals surface area contributed by atoms with Gasteiger partial charge in [-0.3, -0.25) is 0 Å². The Hall–Kier alpha value is -0.380. The van der Waals surface area contributed by atoms with Crippen LogP contribution in [-0.2, 0) is 0 Å². The van der Waals surface area contributed by atoms with E-state index in [1.165, 1.54) is 10.0 Å². The zero-order valence-corrected chi connectivity index (χ0v) is 10.6. The Morgan fingerprint density at radius 3 is 3.13 bits per heavy atom. The van der Waals surface area contributed by atoms with Gasteiger partial charge in [-0.15, -0.1) is 0 Å². The molecule has 2 nitrogen and oxygen atoms in total. The third-order valence-corrected chi connectivity index (χ3v) is 3.41. The molecule has 0 aromatic heterocycles. The Balaban J connectivity index is 2.14. The lowest BCUT2D eigenvalue weighted by Crippen LogP contribution is -2.24. The molecular formula is C12H17BrN2. The van der Waals surface area contributed by atoms with Crippen molar-refractivity contribution in [2.24, 2.45) is 0 Å². The maximum atomic E-state index is 3.53. The van der Waals surface area contributed by atoms with Crippen LogP contribution in [0.25, 0.3) is 0 Å². The van der Waals surface area contributed by atoms with Crippen LogP contribution in [-0.4, -0.2) is 38.1 Å². The van der Waals surface area contributed by atoms with E-state index in [-0.39, 0.29) is 0 Å². The van der Waals surface area contributed by atoms with E-state index in [0.717, 1.165) is 26.2 Å².